The molecule has 2 aromatic rings. The molecule has 0 aromatic heterocycles. The van der Waals surface area contributed by atoms with Gasteiger partial charge in [0.2, 0.25) is 0 Å². The molecule has 2 heteroatoms. The molecule has 1 fully saturated rings. The minimum absolute atomic E-state index is 0.0861. The third kappa shape index (κ3) is 1.95. The minimum atomic E-state index is 0.0861. The Morgan fingerprint density at radius 1 is 1.15 bits per heavy atom. The summed E-state index contributed by atoms with van der Waals surface area (Å²) in [4.78, 5) is 0. The average molecular weight is 267 g/mol. The predicted octanol–water partition coefficient (Wildman–Crippen LogP) is 3.51. The summed E-state index contributed by atoms with van der Waals surface area (Å²) >= 11 is 0. The Kier molecular flexibility index (Phi) is 3.01. The van der Waals surface area contributed by atoms with Crippen LogP contribution in [0, 0.1) is 0 Å². The van der Waals surface area contributed by atoms with Crippen LogP contribution in [0.3, 0.4) is 0 Å². The highest BCUT2D eigenvalue weighted by atomic mass is 16.5. The maximum absolute atomic E-state index is 6.48. The number of aryl methyl sites for hydroxylation is 2. The van der Waals surface area contributed by atoms with Gasteiger partial charge in [-0.3, -0.25) is 0 Å². The van der Waals surface area contributed by atoms with E-state index < -0.39 is 0 Å². The van der Waals surface area contributed by atoms with Crippen molar-refractivity contribution in [3.63, 3.8) is 0 Å². The summed E-state index contributed by atoms with van der Waals surface area (Å²) in [6, 6.07) is 11.3. The molecule has 1 heterocycles. The first kappa shape index (κ1) is 12.4. The summed E-state index contributed by atoms with van der Waals surface area (Å²) in [6.45, 7) is 0.904. The van der Waals surface area contributed by atoms with Crippen molar-refractivity contribution in [1.29, 1.82) is 0 Å². The van der Waals surface area contributed by atoms with E-state index in [4.69, 9.17) is 10.5 Å². The molecule has 0 saturated carbocycles. The maximum Gasteiger partial charge on any atom is 0.0594 e. The van der Waals surface area contributed by atoms with Crippen molar-refractivity contribution in [3.05, 3.63) is 47.0 Å². The standard InChI is InChI=1S/C18H21NO/c19-17(11-14-4-2-10-20-14)15-9-8-13-7-6-12-3-1-5-16(15)18(12)13/h1,3,5,8-9,14,17H,2,4,6-7,10-11,19H2. The van der Waals surface area contributed by atoms with E-state index in [0.717, 1.165) is 19.4 Å². The summed E-state index contributed by atoms with van der Waals surface area (Å²) in [5.74, 6) is 0. The Balaban J connectivity index is 1.73. The summed E-state index contributed by atoms with van der Waals surface area (Å²) in [6.07, 6.45) is 6.00. The average Bonchev–Trinajstić information content (AvgIpc) is 3.10. The fraction of sp³-hybridized carbons (Fsp3) is 0.444. The zero-order valence-electron chi connectivity index (χ0n) is 11.8. The van der Waals surface area contributed by atoms with E-state index in [1.54, 1.807) is 0 Å². The number of hydrogen-bond acceptors (Lipinski definition) is 2. The quantitative estimate of drug-likeness (QED) is 0.923. The first-order valence-electron chi connectivity index (χ1n) is 7.73. The highest BCUT2D eigenvalue weighted by molar-refractivity contribution is 5.93. The lowest BCUT2D eigenvalue weighted by Gasteiger charge is -2.19. The molecule has 1 aliphatic heterocycles. The SMILES string of the molecule is NC(CC1CCCO1)c1ccc2c3c(cccc13)CC2. The molecular formula is C18H21NO. The van der Waals surface area contributed by atoms with E-state index in [0.29, 0.717) is 6.10 Å². The molecule has 20 heavy (non-hydrogen) atoms. The van der Waals surface area contributed by atoms with E-state index in [1.165, 1.54) is 46.7 Å². The van der Waals surface area contributed by atoms with Gasteiger partial charge in [0.15, 0.2) is 0 Å². The van der Waals surface area contributed by atoms with Crippen LogP contribution < -0.4 is 5.73 Å². The molecule has 2 atom stereocenters. The van der Waals surface area contributed by atoms with Gasteiger partial charge >= 0.3 is 0 Å². The minimum Gasteiger partial charge on any atom is -0.378 e. The third-order valence-electron chi connectivity index (χ3n) is 4.85. The van der Waals surface area contributed by atoms with E-state index >= 15 is 0 Å². The molecule has 0 bridgehead atoms. The third-order valence-corrected chi connectivity index (χ3v) is 4.85. The molecule has 1 aliphatic carbocycles. The smallest absolute Gasteiger partial charge is 0.0594 e. The number of nitrogens with two attached hydrogens (primary N) is 1. The Morgan fingerprint density at radius 3 is 2.80 bits per heavy atom. The van der Waals surface area contributed by atoms with Gasteiger partial charge in [0.1, 0.15) is 0 Å². The topological polar surface area (TPSA) is 35.2 Å². The summed E-state index contributed by atoms with van der Waals surface area (Å²) in [7, 11) is 0. The molecule has 0 spiro atoms. The zero-order valence-corrected chi connectivity index (χ0v) is 11.8. The van der Waals surface area contributed by atoms with Crippen LogP contribution in [0.25, 0.3) is 10.8 Å². The highest BCUT2D eigenvalue weighted by Crippen LogP contribution is 2.36. The van der Waals surface area contributed by atoms with Gasteiger partial charge < -0.3 is 10.5 Å². The second-order valence-corrected chi connectivity index (χ2v) is 6.13. The second kappa shape index (κ2) is 4.87. The first-order chi connectivity index (χ1) is 9.83. The molecular weight excluding hydrogens is 246 g/mol. The Labute approximate surface area is 119 Å². The van der Waals surface area contributed by atoms with Crippen LogP contribution in [0.5, 0.6) is 0 Å². The fourth-order valence-corrected chi connectivity index (χ4v) is 3.83. The molecule has 0 amide bonds. The van der Waals surface area contributed by atoms with Crippen molar-refractivity contribution in [3.8, 4) is 0 Å². The van der Waals surface area contributed by atoms with Gasteiger partial charge in [0.25, 0.3) is 0 Å². The molecule has 0 radical (unpaired) electrons. The van der Waals surface area contributed by atoms with E-state index in [-0.39, 0.29) is 6.04 Å². The lowest BCUT2D eigenvalue weighted by Crippen LogP contribution is -2.18. The van der Waals surface area contributed by atoms with Crippen LogP contribution in [0.4, 0.5) is 0 Å². The second-order valence-electron chi connectivity index (χ2n) is 6.13. The molecule has 104 valence electrons. The van der Waals surface area contributed by atoms with E-state index in [2.05, 4.69) is 30.3 Å². The Hall–Kier alpha value is -1.38. The van der Waals surface area contributed by atoms with Crippen LogP contribution in [0.1, 0.15) is 42.0 Å². The van der Waals surface area contributed by atoms with Crippen LogP contribution >= 0.6 is 0 Å². The van der Waals surface area contributed by atoms with Gasteiger partial charge in [-0.15, -0.1) is 0 Å². The molecule has 4 rings (SSSR count). The van der Waals surface area contributed by atoms with Crippen LogP contribution in [0.2, 0.25) is 0 Å². The molecule has 2 unspecified atom stereocenters. The number of hydrogen-bond donors (Lipinski definition) is 1. The highest BCUT2D eigenvalue weighted by Gasteiger charge is 2.22. The zero-order chi connectivity index (χ0) is 13.5. The summed E-state index contributed by atoms with van der Waals surface area (Å²) in [5, 5.41) is 2.83. The van der Waals surface area contributed by atoms with Crippen molar-refractivity contribution < 1.29 is 4.74 Å². The lowest BCUT2D eigenvalue weighted by molar-refractivity contribution is 0.0984. The van der Waals surface area contributed by atoms with Crippen molar-refractivity contribution in [1.82, 2.24) is 0 Å². The van der Waals surface area contributed by atoms with Gasteiger partial charge in [-0.05, 0) is 59.6 Å². The number of benzene rings is 2. The van der Waals surface area contributed by atoms with E-state index in [1.807, 2.05) is 0 Å². The molecule has 1 saturated heterocycles. The largest absolute Gasteiger partial charge is 0.378 e. The summed E-state index contributed by atoms with van der Waals surface area (Å²) in [5.41, 5.74) is 10.8. The maximum atomic E-state index is 6.48. The number of ether oxygens (including phenoxy) is 1. The molecule has 2 aliphatic rings. The van der Waals surface area contributed by atoms with Gasteiger partial charge in [-0.1, -0.05) is 30.3 Å². The van der Waals surface area contributed by atoms with Crippen LogP contribution in [-0.2, 0) is 17.6 Å². The Morgan fingerprint density at radius 2 is 2.00 bits per heavy atom. The van der Waals surface area contributed by atoms with Gasteiger partial charge in [0.05, 0.1) is 6.10 Å². The Bertz CT molecular complexity index is 633. The monoisotopic (exact) mass is 267 g/mol. The lowest BCUT2D eigenvalue weighted by atomic mass is 9.93. The molecule has 2 N–H and O–H groups in total. The molecule has 2 aromatic carbocycles. The molecule has 2 nitrogen and oxygen atoms in total. The summed E-state index contributed by atoms with van der Waals surface area (Å²) < 4.78 is 5.74. The van der Waals surface area contributed by atoms with E-state index in [9.17, 15) is 0 Å². The first-order valence-corrected chi connectivity index (χ1v) is 7.73. The van der Waals surface area contributed by atoms with Crippen molar-refractivity contribution in [2.24, 2.45) is 5.73 Å². The van der Waals surface area contributed by atoms with Gasteiger partial charge in [-0.25, -0.2) is 0 Å². The normalized spacial score (nSPS) is 22.6. The van der Waals surface area contributed by atoms with Crippen LogP contribution in [-0.4, -0.2) is 12.7 Å². The van der Waals surface area contributed by atoms with Gasteiger partial charge in [0, 0.05) is 12.6 Å². The van der Waals surface area contributed by atoms with Crippen molar-refractivity contribution in [2.45, 2.75) is 44.2 Å². The van der Waals surface area contributed by atoms with Crippen molar-refractivity contribution >= 4 is 10.8 Å². The van der Waals surface area contributed by atoms with Crippen molar-refractivity contribution in [2.75, 3.05) is 6.61 Å². The fourth-order valence-electron chi connectivity index (χ4n) is 3.83. The number of rotatable bonds is 3. The predicted molar refractivity (Wildman–Crippen MR) is 81.9 cm³/mol. The van der Waals surface area contributed by atoms with Crippen LogP contribution in [0.15, 0.2) is 30.3 Å². The van der Waals surface area contributed by atoms with Gasteiger partial charge in [-0.2, -0.15) is 0 Å².